The van der Waals surface area contributed by atoms with Crippen molar-refractivity contribution < 1.29 is 14.0 Å². The summed E-state index contributed by atoms with van der Waals surface area (Å²) in [5.41, 5.74) is 2.38. The number of hydrogen-bond acceptors (Lipinski definition) is 5. The maximum Gasteiger partial charge on any atom is 0.291 e. The molecule has 0 unspecified atom stereocenters. The Kier molecular flexibility index (Phi) is 5.44. The number of aromatic amines is 1. The van der Waals surface area contributed by atoms with Crippen molar-refractivity contribution in [1.82, 2.24) is 9.97 Å². The van der Waals surface area contributed by atoms with Gasteiger partial charge in [-0.15, -0.1) is 0 Å². The quantitative estimate of drug-likeness (QED) is 0.459. The molecule has 0 aliphatic carbocycles. The summed E-state index contributed by atoms with van der Waals surface area (Å²) in [7, 11) is 0. The number of hydrogen-bond donors (Lipinski definition) is 3. The third-order valence-electron chi connectivity index (χ3n) is 4.39. The van der Waals surface area contributed by atoms with E-state index in [4.69, 9.17) is 4.42 Å². The van der Waals surface area contributed by atoms with Crippen molar-refractivity contribution in [3.8, 4) is 11.4 Å². The number of H-pyrrole nitrogens is 1. The van der Waals surface area contributed by atoms with E-state index in [-0.39, 0.29) is 17.2 Å². The van der Waals surface area contributed by atoms with Crippen LogP contribution in [0.1, 0.15) is 26.6 Å². The molecule has 154 valence electrons. The van der Waals surface area contributed by atoms with Gasteiger partial charge in [-0.1, -0.05) is 18.2 Å². The Morgan fingerprint density at radius 3 is 2.39 bits per heavy atom. The van der Waals surface area contributed by atoms with E-state index in [1.807, 2.05) is 0 Å². The van der Waals surface area contributed by atoms with Gasteiger partial charge < -0.3 is 20.0 Å². The van der Waals surface area contributed by atoms with Crippen LogP contribution in [-0.2, 0) is 0 Å². The molecule has 0 saturated heterocycles. The minimum absolute atomic E-state index is 0.175. The molecule has 4 rings (SSSR count). The molecule has 0 fully saturated rings. The van der Waals surface area contributed by atoms with Gasteiger partial charge in [0.2, 0.25) is 0 Å². The summed E-state index contributed by atoms with van der Waals surface area (Å²) in [4.78, 5) is 43.6. The number of benzene rings is 2. The van der Waals surface area contributed by atoms with Gasteiger partial charge in [0.25, 0.3) is 17.4 Å². The zero-order chi connectivity index (χ0) is 21.8. The zero-order valence-corrected chi connectivity index (χ0v) is 16.5. The molecule has 0 radical (unpaired) electrons. The molecular formula is C23H18N4O4. The van der Waals surface area contributed by atoms with Crippen molar-refractivity contribution in [1.29, 1.82) is 0 Å². The van der Waals surface area contributed by atoms with Gasteiger partial charge in [-0.2, -0.15) is 0 Å². The molecule has 0 atom stereocenters. The average molecular weight is 414 g/mol. The van der Waals surface area contributed by atoms with Gasteiger partial charge in [-0.05, 0) is 49.4 Å². The monoisotopic (exact) mass is 414 g/mol. The summed E-state index contributed by atoms with van der Waals surface area (Å²) in [5, 5.41) is 5.51. The highest BCUT2D eigenvalue weighted by Crippen LogP contribution is 2.20. The van der Waals surface area contributed by atoms with Gasteiger partial charge in [-0.3, -0.25) is 14.4 Å². The van der Waals surface area contributed by atoms with Crippen molar-refractivity contribution in [3.63, 3.8) is 0 Å². The largest absolute Gasteiger partial charge is 0.459 e. The lowest BCUT2D eigenvalue weighted by atomic mass is 10.1. The smallest absolute Gasteiger partial charge is 0.291 e. The molecule has 2 amide bonds. The first-order valence-electron chi connectivity index (χ1n) is 9.42. The third kappa shape index (κ3) is 4.76. The average Bonchev–Trinajstić information content (AvgIpc) is 3.29. The highest BCUT2D eigenvalue weighted by molar-refractivity contribution is 6.06. The van der Waals surface area contributed by atoms with Crippen LogP contribution in [0.5, 0.6) is 0 Å². The van der Waals surface area contributed by atoms with Crippen molar-refractivity contribution in [2.24, 2.45) is 0 Å². The summed E-state index contributed by atoms with van der Waals surface area (Å²) < 4.78 is 5.07. The molecule has 0 spiro atoms. The highest BCUT2D eigenvalue weighted by Gasteiger charge is 2.12. The Labute approximate surface area is 177 Å². The van der Waals surface area contributed by atoms with E-state index in [1.165, 1.54) is 12.3 Å². The number of rotatable bonds is 5. The molecule has 4 aromatic rings. The van der Waals surface area contributed by atoms with Crippen molar-refractivity contribution in [2.75, 3.05) is 10.6 Å². The molecule has 31 heavy (non-hydrogen) atoms. The number of nitrogens with one attached hydrogen (secondary N) is 3. The molecule has 8 nitrogen and oxygen atoms in total. The Balaban J connectivity index is 1.51. The van der Waals surface area contributed by atoms with Gasteiger partial charge in [0.05, 0.1) is 6.26 Å². The lowest BCUT2D eigenvalue weighted by Gasteiger charge is -2.09. The number of carbonyl (C=O) groups excluding carboxylic acids is 2. The number of furan rings is 1. The fourth-order valence-corrected chi connectivity index (χ4v) is 3.00. The highest BCUT2D eigenvalue weighted by atomic mass is 16.3. The molecule has 2 aromatic heterocycles. The minimum Gasteiger partial charge on any atom is -0.459 e. The van der Waals surface area contributed by atoms with Crippen molar-refractivity contribution >= 4 is 23.2 Å². The summed E-state index contributed by atoms with van der Waals surface area (Å²) in [6.45, 7) is 1.74. The predicted molar refractivity (Wildman–Crippen MR) is 116 cm³/mol. The SMILES string of the molecule is Cc1cc(=O)[nH]c(-c2cccc(NC(=O)c3cccc(NC(=O)c4ccco4)c3)c2)n1. The van der Waals surface area contributed by atoms with Crippen LogP contribution in [-0.4, -0.2) is 21.8 Å². The van der Waals surface area contributed by atoms with Crippen LogP contribution in [0, 0.1) is 6.92 Å². The lowest BCUT2D eigenvalue weighted by molar-refractivity contribution is 0.0993. The molecule has 3 N–H and O–H groups in total. The van der Waals surface area contributed by atoms with E-state index in [9.17, 15) is 14.4 Å². The molecule has 2 aromatic carbocycles. The van der Waals surface area contributed by atoms with Crippen molar-refractivity contribution in [3.05, 3.63) is 100 Å². The maximum absolute atomic E-state index is 12.7. The van der Waals surface area contributed by atoms with Crippen LogP contribution in [0.2, 0.25) is 0 Å². The summed E-state index contributed by atoms with van der Waals surface area (Å²) in [6, 6.07) is 18.1. The van der Waals surface area contributed by atoms with E-state index in [0.717, 1.165) is 0 Å². The van der Waals surface area contributed by atoms with Gasteiger partial charge in [-0.25, -0.2) is 4.98 Å². The first-order chi connectivity index (χ1) is 15.0. The number of aryl methyl sites for hydroxylation is 1. The normalized spacial score (nSPS) is 10.5. The standard InChI is InChI=1S/C23H18N4O4/c1-14-11-20(28)27-21(24-14)15-5-2-7-17(12-15)25-22(29)16-6-3-8-18(13-16)26-23(30)19-9-4-10-31-19/h2-13H,1H3,(H,25,29)(H,26,30)(H,24,27,28). The zero-order valence-electron chi connectivity index (χ0n) is 16.5. The maximum atomic E-state index is 12.7. The molecule has 8 heteroatoms. The minimum atomic E-state index is -0.407. The van der Waals surface area contributed by atoms with Crippen LogP contribution < -0.4 is 16.2 Å². The van der Waals surface area contributed by atoms with E-state index in [2.05, 4.69) is 20.6 Å². The number of aromatic nitrogens is 2. The topological polar surface area (TPSA) is 117 Å². The summed E-state index contributed by atoms with van der Waals surface area (Å²) in [5.74, 6) is -0.162. The fraction of sp³-hybridized carbons (Fsp3) is 0.0435. The molecule has 0 saturated carbocycles. The van der Waals surface area contributed by atoms with Crippen LogP contribution >= 0.6 is 0 Å². The second-order valence-electron chi connectivity index (χ2n) is 6.78. The molecule has 2 heterocycles. The molecule has 0 aliphatic heterocycles. The van der Waals surface area contributed by atoms with Gasteiger partial charge in [0, 0.05) is 34.3 Å². The van der Waals surface area contributed by atoms with Gasteiger partial charge in [0.15, 0.2) is 5.76 Å². The summed E-state index contributed by atoms with van der Waals surface area (Å²) >= 11 is 0. The van der Waals surface area contributed by atoms with Crippen LogP contribution in [0.25, 0.3) is 11.4 Å². The van der Waals surface area contributed by atoms with E-state index in [0.29, 0.717) is 34.0 Å². The predicted octanol–water partition coefficient (Wildman–Crippen LogP) is 3.84. The van der Waals surface area contributed by atoms with E-state index in [1.54, 1.807) is 67.6 Å². The second-order valence-corrected chi connectivity index (χ2v) is 6.78. The Bertz CT molecular complexity index is 1310. The molecule has 0 bridgehead atoms. The Morgan fingerprint density at radius 1 is 0.903 bits per heavy atom. The first-order valence-corrected chi connectivity index (χ1v) is 9.42. The first kappa shape index (κ1) is 19.8. The second kappa shape index (κ2) is 8.50. The van der Waals surface area contributed by atoms with Crippen LogP contribution in [0.3, 0.4) is 0 Å². The van der Waals surface area contributed by atoms with E-state index < -0.39 is 5.91 Å². The number of amides is 2. The number of carbonyl (C=O) groups is 2. The van der Waals surface area contributed by atoms with Crippen LogP contribution in [0.15, 0.2) is 82.2 Å². The fourth-order valence-electron chi connectivity index (χ4n) is 3.00. The van der Waals surface area contributed by atoms with E-state index >= 15 is 0 Å². The summed E-state index contributed by atoms with van der Waals surface area (Å²) in [6.07, 6.45) is 1.41. The Morgan fingerprint density at radius 2 is 1.65 bits per heavy atom. The number of anilines is 2. The van der Waals surface area contributed by atoms with Crippen molar-refractivity contribution in [2.45, 2.75) is 6.92 Å². The number of nitrogens with zero attached hydrogens (tertiary/aromatic N) is 1. The Hall–Kier alpha value is -4.46. The van der Waals surface area contributed by atoms with Gasteiger partial charge in [0.1, 0.15) is 5.82 Å². The third-order valence-corrected chi connectivity index (χ3v) is 4.39. The lowest BCUT2D eigenvalue weighted by Crippen LogP contribution is -2.14. The van der Waals surface area contributed by atoms with Gasteiger partial charge >= 0.3 is 0 Å². The molecule has 0 aliphatic rings. The van der Waals surface area contributed by atoms with Crippen LogP contribution in [0.4, 0.5) is 11.4 Å². The molecular weight excluding hydrogens is 396 g/mol.